The molecule has 3 rings (SSSR count). The Kier molecular flexibility index (Phi) is 3.97. The lowest BCUT2D eigenvalue weighted by Gasteiger charge is -2.21. The number of hydrogen-bond donors (Lipinski definition) is 2. The summed E-state index contributed by atoms with van der Waals surface area (Å²) < 4.78 is 20.4. The first-order valence-corrected chi connectivity index (χ1v) is 7.94. The Bertz CT molecular complexity index is 550. The Balaban J connectivity index is 1.80. The van der Waals surface area contributed by atoms with Crippen LogP contribution in [0.4, 0.5) is 10.1 Å². The summed E-state index contributed by atoms with van der Waals surface area (Å²) in [5.41, 5.74) is 6.55. The van der Waals surface area contributed by atoms with E-state index < -0.39 is 0 Å². The van der Waals surface area contributed by atoms with Crippen LogP contribution in [0.1, 0.15) is 24.8 Å². The molecule has 1 aliphatic carbocycles. The normalized spacial score (nSPS) is 25.7. The monoisotopic (exact) mass is 358 g/mol. The van der Waals surface area contributed by atoms with Crippen molar-refractivity contribution in [3.05, 3.63) is 28.0 Å². The molecule has 6 heteroatoms. The van der Waals surface area contributed by atoms with E-state index in [1.807, 2.05) is 0 Å². The summed E-state index contributed by atoms with van der Waals surface area (Å²) >= 11 is 8.12. The van der Waals surface area contributed by atoms with Crippen LogP contribution < -0.4 is 11.1 Å². The first-order chi connectivity index (χ1) is 9.58. The van der Waals surface area contributed by atoms with E-state index in [1.165, 1.54) is 12.8 Å². The van der Waals surface area contributed by atoms with Gasteiger partial charge in [0.15, 0.2) is 5.82 Å². The molecule has 0 bridgehead atoms. The molecule has 0 aromatic heterocycles. The van der Waals surface area contributed by atoms with Gasteiger partial charge in [0.25, 0.3) is 0 Å². The van der Waals surface area contributed by atoms with Crippen LogP contribution in [0, 0.1) is 11.7 Å². The summed E-state index contributed by atoms with van der Waals surface area (Å²) in [6, 6.07) is 3.61. The molecule has 1 saturated heterocycles. The van der Waals surface area contributed by atoms with Crippen molar-refractivity contribution in [3.63, 3.8) is 0 Å². The van der Waals surface area contributed by atoms with Crippen LogP contribution >= 0.6 is 28.1 Å². The van der Waals surface area contributed by atoms with Crippen LogP contribution in [0.3, 0.4) is 0 Å². The molecular weight excluding hydrogens is 343 g/mol. The van der Waals surface area contributed by atoms with Gasteiger partial charge in [0.1, 0.15) is 4.99 Å². The van der Waals surface area contributed by atoms with Gasteiger partial charge in [0.05, 0.1) is 22.3 Å². The molecule has 3 nitrogen and oxygen atoms in total. The van der Waals surface area contributed by atoms with Crippen LogP contribution in [0.25, 0.3) is 0 Å². The zero-order valence-corrected chi connectivity index (χ0v) is 13.3. The van der Waals surface area contributed by atoms with Crippen molar-refractivity contribution in [1.82, 2.24) is 0 Å². The fourth-order valence-electron chi connectivity index (χ4n) is 2.71. The maximum absolute atomic E-state index is 14.4. The SMILES string of the molecule is NC(=S)c1ccc(NC2CCOC2C2CC2)c(F)c1Br. The van der Waals surface area contributed by atoms with Crippen LogP contribution in [0.2, 0.25) is 0 Å². The van der Waals surface area contributed by atoms with E-state index in [4.69, 9.17) is 22.7 Å². The van der Waals surface area contributed by atoms with Gasteiger partial charge in [-0.25, -0.2) is 4.39 Å². The standard InChI is InChI=1S/C14H16BrFN2OS/c15-11-8(14(17)20)3-4-9(12(11)16)18-10-5-6-19-13(10)7-1-2-7/h3-4,7,10,13,18H,1-2,5-6H2,(H2,17,20). The Hall–Kier alpha value is -0.720. The Morgan fingerprint density at radius 3 is 2.80 bits per heavy atom. The number of benzene rings is 1. The van der Waals surface area contributed by atoms with Gasteiger partial charge >= 0.3 is 0 Å². The third-order valence-corrected chi connectivity index (χ3v) is 4.91. The minimum absolute atomic E-state index is 0.180. The Morgan fingerprint density at radius 1 is 1.40 bits per heavy atom. The highest BCUT2D eigenvalue weighted by Gasteiger charge is 2.40. The van der Waals surface area contributed by atoms with Gasteiger partial charge in [-0.1, -0.05) is 12.2 Å². The molecule has 2 fully saturated rings. The molecule has 0 amide bonds. The van der Waals surface area contributed by atoms with Crippen molar-refractivity contribution < 1.29 is 9.13 Å². The number of anilines is 1. The molecule has 3 N–H and O–H groups in total. The maximum Gasteiger partial charge on any atom is 0.161 e. The van der Waals surface area contributed by atoms with Crippen LogP contribution in [0.15, 0.2) is 16.6 Å². The highest BCUT2D eigenvalue weighted by atomic mass is 79.9. The number of rotatable bonds is 4. The minimum atomic E-state index is -0.350. The van der Waals surface area contributed by atoms with Gasteiger partial charge in [-0.05, 0) is 53.2 Å². The lowest BCUT2D eigenvalue weighted by Crippen LogP contribution is -2.31. The molecule has 0 radical (unpaired) electrons. The smallest absolute Gasteiger partial charge is 0.161 e. The fourth-order valence-corrected chi connectivity index (χ4v) is 3.57. The van der Waals surface area contributed by atoms with E-state index in [-0.39, 0.29) is 23.0 Å². The second-order valence-electron chi connectivity index (χ2n) is 5.37. The van der Waals surface area contributed by atoms with Crippen LogP contribution in [-0.4, -0.2) is 23.7 Å². The number of nitrogens with two attached hydrogens (primary N) is 1. The molecule has 1 aromatic rings. The summed E-state index contributed by atoms with van der Waals surface area (Å²) in [6.07, 6.45) is 3.56. The Morgan fingerprint density at radius 2 is 2.15 bits per heavy atom. The molecule has 1 aliphatic heterocycles. The van der Waals surface area contributed by atoms with E-state index in [2.05, 4.69) is 21.2 Å². The van der Waals surface area contributed by atoms with Crippen molar-refractivity contribution in [2.75, 3.05) is 11.9 Å². The molecule has 1 saturated carbocycles. The van der Waals surface area contributed by atoms with E-state index in [0.717, 1.165) is 13.0 Å². The van der Waals surface area contributed by atoms with Crippen molar-refractivity contribution in [2.45, 2.75) is 31.4 Å². The largest absolute Gasteiger partial charge is 0.389 e. The zero-order valence-electron chi connectivity index (χ0n) is 10.9. The number of ether oxygens (including phenoxy) is 1. The summed E-state index contributed by atoms with van der Waals surface area (Å²) in [5.74, 6) is 0.286. The van der Waals surface area contributed by atoms with Crippen LogP contribution in [-0.2, 0) is 4.74 Å². The summed E-state index contributed by atoms with van der Waals surface area (Å²) in [7, 11) is 0. The topological polar surface area (TPSA) is 47.3 Å². The lowest BCUT2D eigenvalue weighted by molar-refractivity contribution is 0.0898. The Labute approximate surface area is 131 Å². The summed E-state index contributed by atoms with van der Waals surface area (Å²) in [6.45, 7) is 0.743. The molecule has 2 unspecified atom stereocenters. The molecule has 108 valence electrons. The summed E-state index contributed by atoms with van der Waals surface area (Å²) in [5, 5.41) is 3.27. The van der Waals surface area contributed by atoms with E-state index in [1.54, 1.807) is 12.1 Å². The predicted molar refractivity (Wildman–Crippen MR) is 84.5 cm³/mol. The quantitative estimate of drug-likeness (QED) is 0.811. The third kappa shape index (κ3) is 2.69. The second kappa shape index (κ2) is 5.58. The van der Waals surface area contributed by atoms with Gasteiger partial charge in [0.2, 0.25) is 0 Å². The van der Waals surface area contributed by atoms with Gasteiger partial charge in [-0.2, -0.15) is 0 Å². The van der Waals surface area contributed by atoms with Gasteiger partial charge < -0.3 is 15.8 Å². The zero-order chi connectivity index (χ0) is 14.3. The molecule has 1 aromatic carbocycles. The first kappa shape index (κ1) is 14.2. The average molecular weight is 359 g/mol. The van der Waals surface area contributed by atoms with E-state index in [9.17, 15) is 4.39 Å². The van der Waals surface area contributed by atoms with Crippen LogP contribution in [0.5, 0.6) is 0 Å². The highest BCUT2D eigenvalue weighted by Crippen LogP contribution is 2.40. The maximum atomic E-state index is 14.4. The summed E-state index contributed by atoms with van der Waals surface area (Å²) in [4.78, 5) is 0.183. The molecule has 0 spiro atoms. The number of thiocarbonyl (C=S) groups is 1. The molecular formula is C14H16BrFN2OS. The fraction of sp³-hybridized carbons (Fsp3) is 0.500. The van der Waals surface area contributed by atoms with Gasteiger partial charge in [-0.3, -0.25) is 0 Å². The third-order valence-electron chi connectivity index (χ3n) is 3.91. The lowest BCUT2D eigenvalue weighted by atomic mass is 10.1. The van der Waals surface area contributed by atoms with Crippen molar-refractivity contribution in [2.24, 2.45) is 11.7 Å². The van der Waals surface area contributed by atoms with Crippen molar-refractivity contribution in [3.8, 4) is 0 Å². The molecule has 2 aliphatic rings. The number of halogens is 2. The number of hydrogen-bond acceptors (Lipinski definition) is 3. The highest BCUT2D eigenvalue weighted by molar-refractivity contribution is 9.10. The first-order valence-electron chi connectivity index (χ1n) is 6.74. The molecule has 2 atom stereocenters. The van der Waals surface area contributed by atoms with Crippen molar-refractivity contribution in [1.29, 1.82) is 0 Å². The van der Waals surface area contributed by atoms with Gasteiger partial charge in [0, 0.05) is 12.2 Å². The van der Waals surface area contributed by atoms with E-state index in [0.29, 0.717) is 21.6 Å². The minimum Gasteiger partial charge on any atom is -0.389 e. The van der Waals surface area contributed by atoms with E-state index >= 15 is 0 Å². The van der Waals surface area contributed by atoms with Crippen molar-refractivity contribution >= 4 is 38.8 Å². The molecule has 20 heavy (non-hydrogen) atoms. The van der Waals surface area contributed by atoms with Gasteiger partial charge in [-0.15, -0.1) is 0 Å². The molecule has 1 heterocycles. The predicted octanol–water partition coefficient (Wildman–Crippen LogP) is 3.20. The second-order valence-corrected chi connectivity index (χ2v) is 6.60. The average Bonchev–Trinajstić information content (AvgIpc) is 3.15. The number of nitrogens with one attached hydrogen (secondary N) is 1.